The van der Waals surface area contributed by atoms with Gasteiger partial charge in [0.15, 0.2) is 0 Å². The fourth-order valence-electron chi connectivity index (χ4n) is 8.89. The zero-order chi connectivity index (χ0) is 35.3. The molecule has 0 saturated heterocycles. The average Bonchev–Trinajstić information content (AvgIpc) is 3.24. The summed E-state index contributed by atoms with van der Waals surface area (Å²) < 4.78 is 0. The van der Waals surface area contributed by atoms with E-state index >= 15 is 0 Å². The number of para-hydroxylation sites is 4. The molecule has 0 aromatic heterocycles. The van der Waals surface area contributed by atoms with Crippen molar-refractivity contribution < 1.29 is 0 Å². The summed E-state index contributed by atoms with van der Waals surface area (Å²) in [5, 5.41) is 12.8. The Balaban J connectivity index is 1.20. The van der Waals surface area contributed by atoms with Crippen molar-refractivity contribution in [2.24, 2.45) is 0 Å². The SMILES string of the molecule is c1ccc2c(c1)Sc1ccccc1N2c1ccc2c3ccccc3c3c4cc(N5c6ccccc6Sc6ccccc65)ccc4c4ccccc4c3c2c1. The van der Waals surface area contributed by atoms with E-state index < -0.39 is 0 Å². The predicted octanol–water partition coefficient (Wildman–Crippen LogP) is 15.3. The van der Waals surface area contributed by atoms with Crippen LogP contribution >= 0.6 is 23.5 Å². The van der Waals surface area contributed by atoms with Gasteiger partial charge in [-0.2, -0.15) is 0 Å². The molecule has 10 aromatic rings. The second-order valence-corrected chi connectivity index (χ2v) is 16.2. The topological polar surface area (TPSA) is 6.48 Å². The molecule has 0 spiro atoms. The summed E-state index contributed by atoms with van der Waals surface area (Å²) >= 11 is 3.70. The highest BCUT2D eigenvalue weighted by Crippen LogP contribution is 2.54. The first kappa shape index (κ1) is 30.3. The van der Waals surface area contributed by atoms with Crippen LogP contribution in [0.5, 0.6) is 0 Å². The third-order valence-electron chi connectivity index (χ3n) is 11.1. The van der Waals surface area contributed by atoms with Gasteiger partial charge in [0.1, 0.15) is 0 Å². The molecule has 0 atom stereocenters. The van der Waals surface area contributed by atoms with E-state index in [1.165, 1.54) is 96.2 Å². The summed E-state index contributed by atoms with van der Waals surface area (Å²) in [5.41, 5.74) is 7.18. The van der Waals surface area contributed by atoms with Gasteiger partial charge in [-0.15, -0.1) is 0 Å². The van der Waals surface area contributed by atoms with Gasteiger partial charge in [0.25, 0.3) is 0 Å². The van der Waals surface area contributed by atoms with Crippen LogP contribution in [0.2, 0.25) is 0 Å². The minimum absolute atomic E-state index is 1.16. The van der Waals surface area contributed by atoms with Gasteiger partial charge in [-0.3, -0.25) is 0 Å². The largest absolute Gasteiger partial charge is 0.308 e. The predicted molar refractivity (Wildman–Crippen MR) is 232 cm³/mol. The van der Waals surface area contributed by atoms with Crippen molar-refractivity contribution >= 4 is 112 Å². The minimum atomic E-state index is 1.16. The molecule has 0 amide bonds. The van der Waals surface area contributed by atoms with E-state index in [-0.39, 0.29) is 0 Å². The number of hydrogen-bond donors (Lipinski definition) is 0. The fourth-order valence-corrected chi connectivity index (χ4v) is 11.0. The van der Waals surface area contributed by atoms with Crippen LogP contribution < -0.4 is 9.80 Å². The normalized spacial score (nSPS) is 13.3. The van der Waals surface area contributed by atoms with Crippen LogP contribution in [0.15, 0.2) is 202 Å². The monoisotopic (exact) mass is 722 g/mol. The summed E-state index contributed by atoms with van der Waals surface area (Å²) in [6.45, 7) is 0. The molecule has 0 N–H and O–H groups in total. The molecule has 2 aliphatic heterocycles. The Morgan fingerprint density at radius 1 is 0.259 bits per heavy atom. The molecule has 2 nitrogen and oxygen atoms in total. The van der Waals surface area contributed by atoms with Gasteiger partial charge in [-0.05, 0) is 127 Å². The van der Waals surface area contributed by atoms with Gasteiger partial charge in [-0.25, -0.2) is 0 Å². The summed E-state index contributed by atoms with van der Waals surface area (Å²) in [6, 6.07) is 67.4. The molecule has 2 aliphatic rings. The molecule has 0 radical (unpaired) electrons. The molecule has 0 bridgehead atoms. The number of anilines is 6. The fraction of sp³-hybridized carbons (Fsp3) is 0. The molecule has 2 heterocycles. The minimum Gasteiger partial charge on any atom is -0.308 e. The molecular formula is C50H30N2S2. The maximum absolute atomic E-state index is 2.45. The molecule has 4 heteroatoms. The van der Waals surface area contributed by atoms with Crippen molar-refractivity contribution in [2.45, 2.75) is 19.6 Å². The molecule has 12 rings (SSSR count). The van der Waals surface area contributed by atoms with Gasteiger partial charge in [-0.1, -0.05) is 133 Å². The Kier molecular flexibility index (Phi) is 6.53. The first-order chi connectivity index (χ1) is 26.8. The van der Waals surface area contributed by atoms with Crippen molar-refractivity contribution in [2.75, 3.05) is 9.80 Å². The molecule has 0 aliphatic carbocycles. The Bertz CT molecular complexity index is 2900. The second kappa shape index (κ2) is 11.6. The van der Waals surface area contributed by atoms with Gasteiger partial charge >= 0.3 is 0 Å². The van der Waals surface area contributed by atoms with Crippen molar-refractivity contribution in [3.8, 4) is 0 Å². The quantitative estimate of drug-likeness (QED) is 0.164. The average molecular weight is 723 g/mol. The lowest BCUT2D eigenvalue weighted by atomic mass is 9.86. The molecule has 252 valence electrons. The number of fused-ring (bicyclic) bond motifs is 15. The van der Waals surface area contributed by atoms with Crippen LogP contribution in [0.3, 0.4) is 0 Å². The van der Waals surface area contributed by atoms with E-state index in [4.69, 9.17) is 0 Å². The lowest BCUT2D eigenvalue weighted by molar-refractivity contribution is 1.17. The van der Waals surface area contributed by atoms with Gasteiger partial charge < -0.3 is 9.80 Å². The zero-order valence-electron chi connectivity index (χ0n) is 29.0. The van der Waals surface area contributed by atoms with E-state index in [0.717, 1.165) is 11.4 Å². The summed E-state index contributed by atoms with van der Waals surface area (Å²) in [5.74, 6) is 0. The number of hydrogen-bond acceptors (Lipinski definition) is 4. The highest BCUT2D eigenvalue weighted by Gasteiger charge is 2.27. The van der Waals surface area contributed by atoms with Crippen molar-refractivity contribution in [1.29, 1.82) is 0 Å². The van der Waals surface area contributed by atoms with Crippen LogP contribution in [0.1, 0.15) is 0 Å². The maximum atomic E-state index is 2.45. The highest BCUT2D eigenvalue weighted by atomic mass is 32.2. The summed E-state index contributed by atoms with van der Waals surface area (Å²) in [7, 11) is 0. The zero-order valence-corrected chi connectivity index (χ0v) is 30.7. The first-order valence-corrected chi connectivity index (χ1v) is 20.0. The van der Waals surface area contributed by atoms with E-state index in [1.807, 2.05) is 23.5 Å². The van der Waals surface area contributed by atoms with Gasteiger partial charge in [0.2, 0.25) is 0 Å². The molecule has 0 fully saturated rings. The molecular weight excluding hydrogens is 693 g/mol. The summed E-state index contributed by atoms with van der Waals surface area (Å²) in [4.78, 5) is 9.97. The van der Waals surface area contributed by atoms with Crippen LogP contribution in [0.25, 0.3) is 53.9 Å². The molecule has 0 saturated carbocycles. The standard InChI is InChI=1S/C50H30N2S2/c1-3-15-37-33(13-1)35-27-25-31(51-41-17-5-9-21-45(41)53-46-22-10-6-18-42(46)51)29-39(35)50-38-16-4-2-14-34(38)36-28-26-32(30-40(36)49(37)50)52-43-19-7-11-23-47(43)54-48-24-12-8-20-44(48)52/h1-30H. The van der Waals surface area contributed by atoms with E-state index in [2.05, 4.69) is 192 Å². The lowest BCUT2D eigenvalue weighted by Crippen LogP contribution is -2.14. The third kappa shape index (κ3) is 4.32. The highest BCUT2D eigenvalue weighted by molar-refractivity contribution is 8.00. The van der Waals surface area contributed by atoms with E-state index in [1.54, 1.807) is 0 Å². The molecule has 10 aromatic carbocycles. The van der Waals surface area contributed by atoms with Crippen molar-refractivity contribution in [1.82, 2.24) is 0 Å². The van der Waals surface area contributed by atoms with E-state index in [0.29, 0.717) is 0 Å². The number of nitrogens with zero attached hydrogens (tertiary/aromatic N) is 2. The number of rotatable bonds is 2. The smallest absolute Gasteiger partial charge is 0.0601 e. The van der Waals surface area contributed by atoms with Gasteiger partial charge in [0, 0.05) is 31.0 Å². The Morgan fingerprint density at radius 3 is 0.926 bits per heavy atom. The maximum Gasteiger partial charge on any atom is 0.0601 e. The van der Waals surface area contributed by atoms with Crippen LogP contribution in [-0.4, -0.2) is 0 Å². The van der Waals surface area contributed by atoms with Gasteiger partial charge in [0.05, 0.1) is 22.7 Å². The summed E-state index contributed by atoms with van der Waals surface area (Å²) in [6.07, 6.45) is 0. The van der Waals surface area contributed by atoms with Crippen LogP contribution in [0.4, 0.5) is 34.1 Å². The van der Waals surface area contributed by atoms with Crippen LogP contribution in [0, 0.1) is 0 Å². The third-order valence-corrected chi connectivity index (χ3v) is 13.4. The number of benzene rings is 10. The molecule has 54 heavy (non-hydrogen) atoms. The Morgan fingerprint density at radius 2 is 0.556 bits per heavy atom. The van der Waals surface area contributed by atoms with E-state index in [9.17, 15) is 0 Å². The Labute approximate surface area is 321 Å². The van der Waals surface area contributed by atoms with Crippen LogP contribution in [-0.2, 0) is 0 Å². The Hall–Kier alpha value is -6.20. The second-order valence-electron chi connectivity index (χ2n) is 14.0. The first-order valence-electron chi connectivity index (χ1n) is 18.3. The molecule has 0 unspecified atom stereocenters. The lowest BCUT2D eigenvalue weighted by Gasteiger charge is -2.33. The van der Waals surface area contributed by atoms with Crippen molar-refractivity contribution in [3.05, 3.63) is 182 Å². The van der Waals surface area contributed by atoms with Crippen molar-refractivity contribution in [3.63, 3.8) is 0 Å².